The number of piperidine rings is 1. The summed E-state index contributed by atoms with van der Waals surface area (Å²) in [5.41, 5.74) is 1.79. The van der Waals surface area contributed by atoms with Crippen LogP contribution in [-0.4, -0.2) is 28.1 Å². The number of para-hydroxylation sites is 1. The minimum absolute atomic E-state index is 0.0502. The molecule has 0 aliphatic carbocycles. The highest BCUT2D eigenvalue weighted by atomic mass is 35.5. The Labute approximate surface area is 190 Å². The Morgan fingerprint density at radius 2 is 1.72 bits per heavy atom. The zero-order valence-electron chi connectivity index (χ0n) is 18.0. The molecule has 1 aromatic heterocycles. The maximum Gasteiger partial charge on any atom is 0.335 e. The molecule has 0 atom stereocenters. The third-order valence-electron chi connectivity index (χ3n) is 5.95. The average molecular weight is 453 g/mol. The van der Waals surface area contributed by atoms with Gasteiger partial charge in [0.15, 0.2) is 0 Å². The number of hydrogen-bond acceptors (Lipinski definition) is 4. The van der Waals surface area contributed by atoms with E-state index in [0.717, 1.165) is 4.57 Å². The van der Waals surface area contributed by atoms with Gasteiger partial charge in [-0.05, 0) is 50.1 Å². The quantitative estimate of drug-likeness (QED) is 0.658. The van der Waals surface area contributed by atoms with E-state index >= 15 is 0 Å². The molecule has 2 aromatic carbocycles. The van der Waals surface area contributed by atoms with Crippen LogP contribution < -0.4 is 21.5 Å². The minimum atomic E-state index is -0.377. The van der Waals surface area contributed by atoms with Gasteiger partial charge in [0.2, 0.25) is 5.91 Å². The maximum atomic E-state index is 13.0. The summed E-state index contributed by atoms with van der Waals surface area (Å²) in [6.45, 7) is 2.90. The van der Waals surface area contributed by atoms with Crippen LogP contribution in [-0.2, 0) is 11.8 Å². The summed E-state index contributed by atoms with van der Waals surface area (Å²) in [5, 5.41) is 3.49. The standard InChI is InChI=1S/C24H25ClN4O3/c1-16-21(23(31)27(2)24(32)29(16)20-9-4-3-5-10-20)28-13-11-17(12-14-28)22(30)26-19-8-6-7-18(25)15-19/h3-10,15,17H,11-14H2,1-2H3,(H,26,30). The average Bonchev–Trinajstić information content (AvgIpc) is 2.79. The van der Waals surface area contributed by atoms with Gasteiger partial charge in [-0.3, -0.25) is 18.7 Å². The summed E-state index contributed by atoms with van der Waals surface area (Å²) in [7, 11) is 1.50. The molecule has 0 spiro atoms. The normalized spacial score (nSPS) is 14.4. The van der Waals surface area contributed by atoms with E-state index in [1.165, 1.54) is 7.05 Å². The van der Waals surface area contributed by atoms with Crippen molar-refractivity contribution in [2.45, 2.75) is 19.8 Å². The molecule has 0 unspecified atom stereocenters. The number of benzene rings is 2. The van der Waals surface area contributed by atoms with Crippen LogP contribution in [0.15, 0.2) is 64.2 Å². The van der Waals surface area contributed by atoms with E-state index in [9.17, 15) is 14.4 Å². The summed E-state index contributed by atoms with van der Waals surface area (Å²) in [6.07, 6.45) is 1.22. The van der Waals surface area contributed by atoms with Gasteiger partial charge in [0.25, 0.3) is 5.56 Å². The van der Waals surface area contributed by atoms with E-state index in [1.54, 1.807) is 35.8 Å². The maximum absolute atomic E-state index is 13.0. The first-order valence-corrected chi connectivity index (χ1v) is 10.9. The van der Waals surface area contributed by atoms with Crippen molar-refractivity contribution in [1.82, 2.24) is 9.13 Å². The van der Waals surface area contributed by atoms with Crippen LogP contribution in [0, 0.1) is 12.8 Å². The number of nitrogens with one attached hydrogen (secondary N) is 1. The second-order valence-corrected chi connectivity index (χ2v) is 8.45. The summed E-state index contributed by atoms with van der Waals surface area (Å²) in [4.78, 5) is 40.5. The molecule has 7 nitrogen and oxygen atoms in total. The van der Waals surface area contributed by atoms with Gasteiger partial charge in [-0.1, -0.05) is 35.9 Å². The fourth-order valence-corrected chi connectivity index (χ4v) is 4.41. The fraction of sp³-hybridized carbons (Fsp3) is 0.292. The zero-order valence-corrected chi connectivity index (χ0v) is 18.8. The van der Waals surface area contributed by atoms with Gasteiger partial charge < -0.3 is 10.2 Å². The molecule has 2 heterocycles. The van der Waals surface area contributed by atoms with Gasteiger partial charge in [-0.25, -0.2) is 4.79 Å². The monoisotopic (exact) mass is 452 g/mol. The lowest BCUT2D eigenvalue weighted by atomic mass is 9.95. The Kier molecular flexibility index (Phi) is 6.19. The predicted molar refractivity (Wildman–Crippen MR) is 127 cm³/mol. The molecule has 1 aliphatic rings. The van der Waals surface area contributed by atoms with Gasteiger partial charge in [0, 0.05) is 36.8 Å². The Morgan fingerprint density at radius 1 is 1.03 bits per heavy atom. The third-order valence-corrected chi connectivity index (χ3v) is 6.19. The smallest absolute Gasteiger partial charge is 0.335 e. The number of halogens is 1. The number of nitrogens with zero attached hydrogens (tertiary/aromatic N) is 3. The topological polar surface area (TPSA) is 76.3 Å². The van der Waals surface area contributed by atoms with Crippen LogP contribution in [0.5, 0.6) is 0 Å². The van der Waals surface area contributed by atoms with Crippen molar-refractivity contribution < 1.29 is 4.79 Å². The third kappa shape index (κ3) is 4.21. The second-order valence-electron chi connectivity index (χ2n) is 8.01. The van der Waals surface area contributed by atoms with Gasteiger partial charge in [-0.2, -0.15) is 0 Å². The predicted octanol–water partition coefficient (Wildman–Crippen LogP) is 3.35. The first-order valence-electron chi connectivity index (χ1n) is 10.6. The van der Waals surface area contributed by atoms with Gasteiger partial charge in [-0.15, -0.1) is 0 Å². The molecular formula is C24H25ClN4O3. The van der Waals surface area contributed by atoms with Gasteiger partial charge in [0.05, 0.1) is 11.4 Å². The highest BCUT2D eigenvalue weighted by molar-refractivity contribution is 6.30. The molecule has 3 aromatic rings. The Bertz CT molecular complexity index is 1260. The molecule has 0 bridgehead atoms. The number of rotatable bonds is 4. The van der Waals surface area contributed by atoms with Crippen molar-refractivity contribution in [3.8, 4) is 5.69 Å². The number of amides is 1. The van der Waals surface area contributed by atoms with Crippen LogP contribution in [0.2, 0.25) is 5.02 Å². The highest BCUT2D eigenvalue weighted by Gasteiger charge is 2.28. The molecule has 8 heteroatoms. The van der Waals surface area contributed by atoms with Crippen molar-refractivity contribution in [1.29, 1.82) is 0 Å². The van der Waals surface area contributed by atoms with E-state index < -0.39 is 0 Å². The fourth-order valence-electron chi connectivity index (χ4n) is 4.22. The first-order chi connectivity index (χ1) is 15.4. The van der Waals surface area contributed by atoms with Crippen molar-refractivity contribution >= 4 is 28.9 Å². The molecule has 1 aliphatic heterocycles. The number of carbonyl (C=O) groups excluding carboxylic acids is 1. The van der Waals surface area contributed by atoms with E-state index in [-0.39, 0.29) is 23.1 Å². The SMILES string of the molecule is Cc1c(N2CCC(C(=O)Nc3cccc(Cl)c3)CC2)c(=O)n(C)c(=O)n1-c1ccccc1. The largest absolute Gasteiger partial charge is 0.366 e. The van der Waals surface area contributed by atoms with E-state index in [0.29, 0.717) is 53.7 Å². The van der Waals surface area contributed by atoms with Crippen LogP contribution >= 0.6 is 11.6 Å². The second kappa shape index (κ2) is 9.04. The summed E-state index contributed by atoms with van der Waals surface area (Å²) < 4.78 is 2.71. The van der Waals surface area contributed by atoms with Crippen molar-refractivity contribution in [2.24, 2.45) is 13.0 Å². The molecule has 1 amide bonds. The molecule has 1 N–H and O–H groups in total. The molecule has 1 fully saturated rings. The summed E-state index contributed by atoms with van der Waals surface area (Å²) in [6, 6.07) is 16.4. The van der Waals surface area contributed by atoms with Crippen molar-refractivity contribution in [2.75, 3.05) is 23.3 Å². The molecule has 166 valence electrons. The summed E-state index contributed by atoms with van der Waals surface area (Å²) in [5.74, 6) is -0.208. The van der Waals surface area contributed by atoms with Crippen LogP contribution in [0.25, 0.3) is 5.69 Å². The lowest BCUT2D eigenvalue weighted by Gasteiger charge is -2.34. The molecular weight excluding hydrogens is 428 g/mol. The Morgan fingerprint density at radius 3 is 2.38 bits per heavy atom. The van der Waals surface area contributed by atoms with E-state index in [1.807, 2.05) is 35.2 Å². The molecule has 0 radical (unpaired) electrons. The minimum Gasteiger partial charge on any atom is -0.366 e. The number of hydrogen-bond donors (Lipinski definition) is 1. The number of anilines is 2. The van der Waals surface area contributed by atoms with Crippen molar-refractivity contribution in [3.63, 3.8) is 0 Å². The molecule has 32 heavy (non-hydrogen) atoms. The van der Waals surface area contributed by atoms with Crippen LogP contribution in [0.3, 0.4) is 0 Å². The molecule has 1 saturated heterocycles. The number of carbonyl (C=O) groups is 1. The molecule has 0 saturated carbocycles. The van der Waals surface area contributed by atoms with Crippen LogP contribution in [0.4, 0.5) is 11.4 Å². The number of aromatic nitrogens is 2. The zero-order chi connectivity index (χ0) is 22.8. The lowest BCUT2D eigenvalue weighted by Crippen LogP contribution is -2.46. The van der Waals surface area contributed by atoms with Gasteiger partial charge >= 0.3 is 5.69 Å². The van der Waals surface area contributed by atoms with Gasteiger partial charge in [0.1, 0.15) is 5.69 Å². The highest BCUT2D eigenvalue weighted by Crippen LogP contribution is 2.25. The molecule has 4 rings (SSSR count). The summed E-state index contributed by atoms with van der Waals surface area (Å²) >= 11 is 6.00. The van der Waals surface area contributed by atoms with Crippen LogP contribution in [0.1, 0.15) is 18.5 Å². The van der Waals surface area contributed by atoms with Crippen molar-refractivity contribution in [3.05, 3.63) is 86.2 Å². The first kappa shape index (κ1) is 21.9. The van der Waals surface area contributed by atoms with E-state index in [2.05, 4.69) is 5.32 Å². The van der Waals surface area contributed by atoms with E-state index in [4.69, 9.17) is 11.6 Å². The Balaban J connectivity index is 1.56. The Hall–Kier alpha value is -3.32. The lowest BCUT2D eigenvalue weighted by molar-refractivity contribution is -0.120.